The molecule has 2 heterocycles. The smallest absolute Gasteiger partial charge is 0.242 e. The zero-order valence-corrected chi connectivity index (χ0v) is 23.4. The van der Waals surface area contributed by atoms with E-state index in [2.05, 4.69) is 50.1 Å². The van der Waals surface area contributed by atoms with Gasteiger partial charge in [0, 0.05) is 49.2 Å². The predicted octanol–water partition coefficient (Wildman–Crippen LogP) is 5.03. The van der Waals surface area contributed by atoms with Crippen LogP contribution in [0.1, 0.15) is 38.3 Å². The molecular formula is C29H33ClN8O2. The minimum Gasteiger partial charge on any atom is -0.358 e. The minimum absolute atomic E-state index is 0.132. The van der Waals surface area contributed by atoms with Crippen molar-refractivity contribution in [3.05, 3.63) is 89.5 Å². The van der Waals surface area contributed by atoms with E-state index in [0.717, 1.165) is 11.1 Å². The summed E-state index contributed by atoms with van der Waals surface area (Å²) in [4.78, 5) is 37.9. The molecule has 0 radical (unpaired) electrons. The summed E-state index contributed by atoms with van der Waals surface area (Å²) in [5.41, 5.74) is 2.61. The van der Waals surface area contributed by atoms with Crippen LogP contribution in [0, 0.1) is 5.92 Å². The molecule has 0 spiro atoms. The zero-order chi connectivity index (χ0) is 28.5. The van der Waals surface area contributed by atoms with E-state index >= 15 is 0 Å². The van der Waals surface area contributed by atoms with E-state index < -0.39 is 6.04 Å². The molecule has 2 aromatic heterocycles. The normalized spacial score (nSPS) is 11.6. The van der Waals surface area contributed by atoms with Crippen LogP contribution in [-0.4, -0.2) is 37.4 Å². The third kappa shape index (κ3) is 8.54. The lowest BCUT2D eigenvalue weighted by Gasteiger charge is -2.21. The van der Waals surface area contributed by atoms with Gasteiger partial charge in [-0.2, -0.15) is 9.97 Å². The van der Waals surface area contributed by atoms with Gasteiger partial charge in [0.15, 0.2) is 0 Å². The molecule has 4 aromatic rings. The van der Waals surface area contributed by atoms with Crippen LogP contribution in [0.5, 0.6) is 0 Å². The highest BCUT2D eigenvalue weighted by Gasteiger charge is 2.21. The first-order chi connectivity index (χ1) is 19.2. The van der Waals surface area contributed by atoms with Gasteiger partial charge < -0.3 is 21.3 Å². The third-order valence-electron chi connectivity index (χ3n) is 5.91. The van der Waals surface area contributed by atoms with Crippen LogP contribution in [0.4, 0.5) is 17.5 Å². The van der Waals surface area contributed by atoms with Crippen molar-refractivity contribution >= 4 is 40.9 Å². The third-order valence-corrected chi connectivity index (χ3v) is 6.14. The molecule has 0 unspecified atom stereocenters. The van der Waals surface area contributed by atoms with Crippen molar-refractivity contribution in [3.63, 3.8) is 0 Å². The molecule has 40 heavy (non-hydrogen) atoms. The summed E-state index contributed by atoms with van der Waals surface area (Å²) in [6.07, 6.45) is 5.72. The molecule has 4 rings (SSSR count). The SMILES string of the molecule is CC(=O)Nc1ccc(CNC(=O)[C@@H](CC(C)C)Nc2cc(-n3ccnc3)nc(NCc3cccc(Cl)c3)n2)cc1. The van der Waals surface area contributed by atoms with E-state index in [1.807, 2.05) is 48.5 Å². The highest BCUT2D eigenvalue weighted by atomic mass is 35.5. The van der Waals surface area contributed by atoms with Gasteiger partial charge in [0.05, 0.1) is 0 Å². The van der Waals surface area contributed by atoms with E-state index in [4.69, 9.17) is 11.6 Å². The van der Waals surface area contributed by atoms with Crippen molar-refractivity contribution in [1.82, 2.24) is 24.8 Å². The molecule has 0 bridgehead atoms. The molecule has 1 atom stereocenters. The molecular weight excluding hydrogens is 528 g/mol. The fourth-order valence-corrected chi connectivity index (χ4v) is 4.26. The van der Waals surface area contributed by atoms with Gasteiger partial charge in [-0.05, 0) is 47.7 Å². The van der Waals surface area contributed by atoms with Crippen molar-refractivity contribution in [2.75, 3.05) is 16.0 Å². The van der Waals surface area contributed by atoms with Crippen molar-refractivity contribution in [1.29, 1.82) is 0 Å². The first-order valence-electron chi connectivity index (χ1n) is 13.0. The first kappa shape index (κ1) is 28.6. The zero-order valence-electron chi connectivity index (χ0n) is 22.7. The molecule has 2 amide bonds. The summed E-state index contributed by atoms with van der Waals surface area (Å²) in [5.74, 6) is 1.50. The monoisotopic (exact) mass is 560 g/mol. The van der Waals surface area contributed by atoms with Gasteiger partial charge in [-0.3, -0.25) is 14.2 Å². The topological polar surface area (TPSA) is 126 Å². The molecule has 208 valence electrons. The predicted molar refractivity (Wildman–Crippen MR) is 157 cm³/mol. The van der Waals surface area contributed by atoms with Crippen molar-refractivity contribution < 1.29 is 9.59 Å². The standard InChI is InChI=1S/C29H33ClN8O2/c1-19(2)13-25(28(40)32-16-21-7-9-24(10-8-21)34-20(3)39)35-26-15-27(38-12-11-31-18-38)37-29(36-26)33-17-22-5-4-6-23(30)14-22/h4-12,14-15,18-19,25H,13,16-17H2,1-3H3,(H,32,40)(H,34,39)(H2,33,35,36,37)/t25-/m1/s1. The number of carbonyl (C=O) groups excluding carboxylic acids is 2. The first-order valence-corrected chi connectivity index (χ1v) is 13.4. The number of nitrogens with zero attached hydrogens (tertiary/aromatic N) is 4. The van der Waals surface area contributed by atoms with Gasteiger partial charge >= 0.3 is 0 Å². The number of anilines is 3. The molecule has 2 aromatic carbocycles. The molecule has 0 fully saturated rings. The Hall–Kier alpha value is -4.44. The maximum Gasteiger partial charge on any atom is 0.242 e. The van der Waals surface area contributed by atoms with Gasteiger partial charge in [-0.25, -0.2) is 4.98 Å². The number of amides is 2. The molecule has 0 aliphatic carbocycles. The highest BCUT2D eigenvalue weighted by Crippen LogP contribution is 2.19. The van der Waals surface area contributed by atoms with E-state index in [0.29, 0.717) is 47.8 Å². The molecule has 10 nitrogen and oxygen atoms in total. The Morgan fingerprint density at radius 1 is 1.00 bits per heavy atom. The lowest BCUT2D eigenvalue weighted by molar-refractivity contribution is -0.122. The van der Waals surface area contributed by atoms with E-state index in [1.54, 1.807) is 29.4 Å². The number of hydrogen-bond acceptors (Lipinski definition) is 7. The Bertz CT molecular complexity index is 1420. The Labute approximate surface area is 238 Å². The lowest BCUT2D eigenvalue weighted by Crippen LogP contribution is -2.40. The maximum atomic E-state index is 13.3. The van der Waals surface area contributed by atoms with E-state index in [1.165, 1.54) is 6.92 Å². The van der Waals surface area contributed by atoms with Crippen LogP contribution in [0.2, 0.25) is 5.02 Å². The average molecular weight is 561 g/mol. The number of rotatable bonds is 12. The molecule has 0 aliphatic rings. The van der Waals surface area contributed by atoms with Crippen molar-refractivity contribution in [2.24, 2.45) is 5.92 Å². The fraction of sp³-hybridized carbons (Fsp3) is 0.276. The minimum atomic E-state index is -0.523. The summed E-state index contributed by atoms with van der Waals surface area (Å²) in [6, 6.07) is 16.2. The summed E-state index contributed by atoms with van der Waals surface area (Å²) < 4.78 is 1.78. The van der Waals surface area contributed by atoms with E-state index in [-0.39, 0.29) is 17.7 Å². The van der Waals surface area contributed by atoms with Crippen LogP contribution in [-0.2, 0) is 22.7 Å². The van der Waals surface area contributed by atoms with Gasteiger partial charge in [0.1, 0.15) is 24.0 Å². The molecule has 11 heteroatoms. The summed E-state index contributed by atoms with van der Waals surface area (Å²) in [5, 5.41) is 13.0. The molecule has 0 saturated carbocycles. The van der Waals surface area contributed by atoms with Crippen LogP contribution in [0.25, 0.3) is 5.82 Å². The number of carbonyl (C=O) groups is 2. The number of benzene rings is 2. The Morgan fingerprint density at radius 3 is 2.48 bits per heavy atom. The second kappa shape index (κ2) is 13.6. The molecule has 4 N–H and O–H groups in total. The highest BCUT2D eigenvalue weighted by molar-refractivity contribution is 6.30. The number of hydrogen-bond donors (Lipinski definition) is 4. The molecule has 0 saturated heterocycles. The fourth-order valence-electron chi connectivity index (χ4n) is 4.05. The van der Waals surface area contributed by atoms with Crippen molar-refractivity contribution in [2.45, 2.75) is 46.3 Å². The number of imidazole rings is 1. The van der Waals surface area contributed by atoms with Gasteiger partial charge in [0.2, 0.25) is 17.8 Å². The van der Waals surface area contributed by atoms with Crippen LogP contribution in [0.15, 0.2) is 73.3 Å². The van der Waals surface area contributed by atoms with Crippen LogP contribution in [0.3, 0.4) is 0 Å². The Kier molecular flexibility index (Phi) is 9.69. The largest absolute Gasteiger partial charge is 0.358 e. The summed E-state index contributed by atoms with van der Waals surface area (Å²) in [7, 11) is 0. The summed E-state index contributed by atoms with van der Waals surface area (Å²) >= 11 is 6.13. The second-order valence-electron chi connectivity index (χ2n) is 9.81. The second-order valence-corrected chi connectivity index (χ2v) is 10.2. The lowest BCUT2D eigenvalue weighted by atomic mass is 10.0. The number of nitrogens with one attached hydrogen (secondary N) is 4. The van der Waals surface area contributed by atoms with Gasteiger partial charge in [-0.15, -0.1) is 0 Å². The number of aromatic nitrogens is 4. The average Bonchev–Trinajstić information content (AvgIpc) is 3.46. The van der Waals surface area contributed by atoms with Gasteiger partial charge in [-0.1, -0.05) is 49.7 Å². The van der Waals surface area contributed by atoms with Crippen LogP contribution >= 0.6 is 11.6 Å². The van der Waals surface area contributed by atoms with Crippen molar-refractivity contribution in [3.8, 4) is 5.82 Å². The van der Waals surface area contributed by atoms with E-state index in [9.17, 15) is 9.59 Å². The quantitative estimate of drug-likeness (QED) is 0.191. The number of halogens is 1. The maximum absolute atomic E-state index is 13.3. The summed E-state index contributed by atoms with van der Waals surface area (Å²) in [6.45, 7) is 6.43. The van der Waals surface area contributed by atoms with Crippen LogP contribution < -0.4 is 21.3 Å². The Balaban J connectivity index is 1.49. The molecule has 0 aliphatic heterocycles. The van der Waals surface area contributed by atoms with Gasteiger partial charge in [0.25, 0.3) is 0 Å². The Morgan fingerprint density at radius 2 is 1.80 bits per heavy atom.